The van der Waals surface area contributed by atoms with Crippen molar-refractivity contribution < 1.29 is 9.21 Å². The molecule has 0 spiro atoms. The summed E-state index contributed by atoms with van der Waals surface area (Å²) in [7, 11) is 1.56. The first-order valence-electron chi connectivity index (χ1n) is 10.7. The molecule has 1 atom stereocenters. The number of Topliss-reactive ketones (excluding diaryl/α,β-unsaturated/α-hetero) is 1. The van der Waals surface area contributed by atoms with Crippen LogP contribution < -0.4 is 21.9 Å². The Morgan fingerprint density at radius 2 is 2.09 bits per heavy atom. The van der Waals surface area contributed by atoms with Gasteiger partial charge in [0.2, 0.25) is 11.7 Å². The van der Waals surface area contributed by atoms with Crippen molar-refractivity contribution in [1.82, 2.24) is 18.7 Å². The first kappa shape index (κ1) is 21.8. The Balaban J connectivity index is 1.90. The molecule has 1 saturated heterocycles. The molecular formula is C22H28N6O4. The lowest BCUT2D eigenvalue weighted by Gasteiger charge is -2.31. The number of hydrogen-bond donors (Lipinski definition) is 1. The Labute approximate surface area is 184 Å². The standard InChI is InChI=1S/C22H28N6O4/c1-14(2)8-10-27-18-19(24-21(27)26-9-4-6-15(23)12-26)25(3)22(31)28(20(18)30)13-16(29)17-7-5-11-32-17/h5,7-8,11,15H,4,6,9-10,12-13,23H2,1-3H3. The summed E-state index contributed by atoms with van der Waals surface area (Å²) in [4.78, 5) is 45.8. The number of fused-ring (bicyclic) bond motifs is 1. The molecule has 0 radical (unpaired) electrons. The number of imidazole rings is 1. The molecule has 170 valence electrons. The average Bonchev–Trinajstić information content (AvgIpc) is 3.42. The highest BCUT2D eigenvalue weighted by Gasteiger charge is 2.26. The molecule has 0 amide bonds. The van der Waals surface area contributed by atoms with Crippen LogP contribution in [0.25, 0.3) is 11.2 Å². The van der Waals surface area contributed by atoms with Gasteiger partial charge in [0.25, 0.3) is 5.56 Å². The summed E-state index contributed by atoms with van der Waals surface area (Å²) >= 11 is 0. The molecule has 1 aliphatic rings. The Kier molecular flexibility index (Phi) is 5.88. The molecule has 10 heteroatoms. The summed E-state index contributed by atoms with van der Waals surface area (Å²) < 4.78 is 9.21. The van der Waals surface area contributed by atoms with Crippen molar-refractivity contribution in [3.63, 3.8) is 0 Å². The number of hydrogen-bond acceptors (Lipinski definition) is 7. The van der Waals surface area contributed by atoms with Crippen molar-refractivity contribution in [1.29, 1.82) is 0 Å². The minimum Gasteiger partial charge on any atom is -0.461 e. The summed E-state index contributed by atoms with van der Waals surface area (Å²) in [6.45, 7) is 5.35. The highest BCUT2D eigenvalue weighted by Crippen LogP contribution is 2.23. The van der Waals surface area contributed by atoms with Crippen molar-refractivity contribution in [2.24, 2.45) is 12.8 Å². The van der Waals surface area contributed by atoms with Gasteiger partial charge in [0.05, 0.1) is 12.8 Å². The number of allylic oxidation sites excluding steroid dienone is 2. The number of rotatable bonds is 6. The van der Waals surface area contributed by atoms with Gasteiger partial charge in [-0.05, 0) is 38.8 Å². The van der Waals surface area contributed by atoms with Gasteiger partial charge in [-0.3, -0.25) is 18.7 Å². The Morgan fingerprint density at radius 3 is 2.75 bits per heavy atom. The third kappa shape index (κ3) is 3.93. The quantitative estimate of drug-likeness (QED) is 0.452. The molecule has 0 aliphatic carbocycles. The summed E-state index contributed by atoms with van der Waals surface area (Å²) in [6.07, 6.45) is 5.23. The maximum Gasteiger partial charge on any atom is 0.332 e. The molecule has 32 heavy (non-hydrogen) atoms. The molecule has 10 nitrogen and oxygen atoms in total. The highest BCUT2D eigenvalue weighted by molar-refractivity contribution is 5.93. The third-order valence-corrected chi connectivity index (χ3v) is 5.73. The van der Waals surface area contributed by atoms with Gasteiger partial charge in [0.15, 0.2) is 16.9 Å². The minimum atomic E-state index is -0.601. The van der Waals surface area contributed by atoms with Crippen LogP contribution in [0.2, 0.25) is 0 Å². The average molecular weight is 441 g/mol. The van der Waals surface area contributed by atoms with Gasteiger partial charge in [0, 0.05) is 32.7 Å². The molecule has 0 saturated carbocycles. The third-order valence-electron chi connectivity index (χ3n) is 5.73. The second-order valence-electron chi connectivity index (χ2n) is 8.46. The van der Waals surface area contributed by atoms with Crippen LogP contribution in [0.5, 0.6) is 0 Å². The normalized spacial score (nSPS) is 16.5. The van der Waals surface area contributed by atoms with Crippen LogP contribution >= 0.6 is 0 Å². The first-order chi connectivity index (χ1) is 15.3. The predicted molar refractivity (Wildman–Crippen MR) is 121 cm³/mol. The van der Waals surface area contributed by atoms with Crippen molar-refractivity contribution in [3.8, 4) is 0 Å². The number of ketones is 1. The molecule has 0 bridgehead atoms. The molecule has 3 aromatic rings. The minimum absolute atomic E-state index is 0.0202. The van der Waals surface area contributed by atoms with Crippen LogP contribution in [0.15, 0.2) is 44.1 Å². The molecule has 0 aromatic carbocycles. The van der Waals surface area contributed by atoms with Gasteiger partial charge in [-0.1, -0.05) is 11.6 Å². The summed E-state index contributed by atoms with van der Waals surface area (Å²) in [5.41, 5.74) is 6.69. The second kappa shape index (κ2) is 8.62. The van der Waals surface area contributed by atoms with E-state index >= 15 is 0 Å². The van der Waals surface area contributed by atoms with E-state index in [0.717, 1.165) is 29.5 Å². The summed E-state index contributed by atoms with van der Waals surface area (Å²) in [5, 5.41) is 0. The van der Waals surface area contributed by atoms with E-state index in [1.165, 1.54) is 16.9 Å². The highest BCUT2D eigenvalue weighted by atomic mass is 16.3. The summed E-state index contributed by atoms with van der Waals surface area (Å²) in [5.74, 6) is 0.251. The van der Waals surface area contributed by atoms with Crippen molar-refractivity contribution in [2.45, 2.75) is 45.8 Å². The fraction of sp³-hybridized carbons (Fsp3) is 0.455. The maximum absolute atomic E-state index is 13.5. The van der Waals surface area contributed by atoms with Crippen LogP contribution in [-0.2, 0) is 20.1 Å². The second-order valence-corrected chi connectivity index (χ2v) is 8.46. The zero-order chi connectivity index (χ0) is 23.0. The monoisotopic (exact) mass is 440 g/mol. The number of aromatic nitrogens is 4. The lowest BCUT2D eigenvalue weighted by atomic mass is 10.1. The number of anilines is 1. The Hall–Kier alpha value is -3.40. The lowest BCUT2D eigenvalue weighted by Crippen LogP contribution is -2.44. The molecule has 1 unspecified atom stereocenters. The van der Waals surface area contributed by atoms with E-state index in [-0.39, 0.29) is 23.0 Å². The maximum atomic E-state index is 13.5. The van der Waals surface area contributed by atoms with E-state index in [1.807, 2.05) is 24.5 Å². The first-order valence-corrected chi connectivity index (χ1v) is 10.7. The number of nitrogens with two attached hydrogens (primary N) is 1. The van der Waals surface area contributed by atoms with Crippen LogP contribution in [0, 0.1) is 0 Å². The van der Waals surface area contributed by atoms with E-state index in [9.17, 15) is 14.4 Å². The van der Waals surface area contributed by atoms with Crippen molar-refractivity contribution >= 4 is 22.9 Å². The zero-order valence-electron chi connectivity index (χ0n) is 18.6. The molecule has 2 N–H and O–H groups in total. The van der Waals surface area contributed by atoms with Crippen LogP contribution in [0.3, 0.4) is 0 Å². The fourth-order valence-electron chi connectivity index (χ4n) is 4.04. The van der Waals surface area contributed by atoms with Gasteiger partial charge in [0.1, 0.15) is 0 Å². The van der Waals surface area contributed by atoms with Crippen LogP contribution in [-0.4, -0.2) is 43.6 Å². The van der Waals surface area contributed by atoms with Gasteiger partial charge >= 0.3 is 5.69 Å². The van der Waals surface area contributed by atoms with E-state index in [0.29, 0.717) is 19.0 Å². The number of piperidine rings is 1. The molecule has 4 heterocycles. The molecule has 1 aliphatic heterocycles. The van der Waals surface area contributed by atoms with Crippen molar-refractivity contribution in [3.05, 3.63) is 56.6 Å². The van der Waals surface area contributed by atoms with Crippen LogP contribution in [0.4, 0.5) is 5.95 Å². The van der Waals surface area contributed by atoms with Crippen LogP contribution in [0.1, 0.15) is 37.2 Å². The van der Waals surface area contributed by atoms with Crippen molar-refractivity contribution in [2.75, 3.05) is 18.0 Å². The zero-order valence-corrected chi connectivity index (χ0v) is 18.6. The number of nitrogens with zero attached hydrogens (tertiary/aromatic N) is 5. The topological polar surface area (TPSA) is 121 Å². The van der Waals surface area contributed by atoms with Gasteiger partial charge < -0.3 is 19.6 Å². The number of aryl methyl sites for hydroxylation is 1. The predicted octanol–water partition coefficient (Wildman–Crippen LogP) is 1.27. The molecular weight excluding hydrogens is 412 g/mol. The van der Waals surface area contributed by atoms with Gasteiger partial charge in [-0.25, -0.2) is 4.79 Å². The van der Waals surface area contributed by atoms with Gasteiger partial charge in [-0.2, -0.15) is 4.98 Å². The molecule has 3 aromatic heterocycles. The number of carbonyl (C=O) groups excluding carboxylic acids is 1. The number of furan rings is 1. The largest absolute Gasteiger partial charge is 0.461 e. The van der Waals surface area contributed by atoms with Gasteiger partial charge in [-0.15, -0.1) is 0 Å². The molecule has 1 fully saturated rings. The Morgan fingerprint density at radius 1 is 1.31 bits per heavy atom. The van der Waals surface area contributed by atoms with E-state index < -0.39 is 23.6 Å². The fourth-order valence-corrected chi connectivity index (χ4v) is 4.04. The number of carbonyl (C=O) groups is 1. The van der Waals surface area contributed by atoms with E-state index in [4.69, 9.17) is 15.1 Å². The van der Waals surface area contributed by atoms with E-state index in [2.05, 4.69) is 4.90 Å². The molecule has 4 rings (SSSR count). The summed E-state index contributed by atoms with van der Waals surface area (Å²) in [6, 6.07) is 3.11. The Bertz CT molecular complexity index is 1290. The smallest absolute Gasteiger partial charge is 0.332 e. The lowest BCUT2D eigenvalue weighted by molar-refractivity contribution is 0.0941. The van der Waals surface area contributed by atoms with E-state index in [1.54, 1.807) is 13.1 Å². The SMILES string of the molecule is CC(C)=CCn1c(N2CCCC(N)C2)nc2c1c(=O)n(CC(=O)c1ccco1)c(=O)n2C.